The first-order valence-corrected chi connectivity index (χ1v) is 4.15. The number of hydrogen-bond acceptors (Lipinski definition) is 2. The van der Waals surface area contributed by atoms with Crippen LogP contribution in [0.3, 0.4) is 0 Å². The van der Waals surface area contributed by atoms with Crippen LogP contribution in [-0.4, -0.2) is 22.4 Å². The maximum absolute atomic E-state index is 8.89. The highest BCUT2D eigenvalue weighted by molar-refractivity contribution is 4.85. The van der Waals surface area contributed by atoms with Gasteiger partial charge in [-0.15, -0.1) is 0 Å². The van der Waals surface area contributed by atoms with E-state index in [-0.39, 0.29) is 12.2 Å². The largest absolute Gasteiger partial charge is 0.393 e. The van der Waals surface area contributed by atoms with Crippen LogP contribution in [0.25, 0.3) is 0 Å². The van der Waals surface area contributed by atoms with Gasteiger partial charge in [0.2, 0.25) is 0 Å². The molecule has 0 aliphatic heterocycles. The summed E-state index contributed by atoms with van der Waals surface area (Å²) in [7, 11) is 0. The molecule has 0 aliphatic carbocycles. The van der Waals surface area contributed by atoms with Crippen LogP contribution >= 0.6 is 0 Å². The molecule has 2 nitrogen and oxygen atoms in total. The van der Waals surface area contributed by atoms with E-state index in [4.69, 9.17) is 10.2 Å². The lowest BCUT2D eigenvalue weighted by molar-refractivity contribution is 0.182. The van der Waals surface area contributed by atoms with Crippen molar-refractivity contribution in [2.24, 2.45) is 0 Å². The van der Waals surface area contributed by atoms with Gasteiger partial charge in [0.15, 0.2) is 0 Å². The van der Waals surface area contributed by atoms with Crippen LogP contribution in [0.4, 0.5) is 0 Å². The summed E-state index contributed by atoms with van der Waals surface area (Å²) < 4.78 is 0. The molecule has 2 N–H and O–H groups in total. The van der Waals surface area contributed by atoms with Crippen molar-refractivity contribution >= 4 is 0 Å². The molecular formula is C9H18O2. The van der Waals surface area contributed by atoms with E-state index >= 15 is 0 Å². The van der Waals surface area contributed by atoms with Gasteiger partial charge >= 0.3 is 0 Å². The fourth-order valence-electron chi connectivity index (χ4n) is 0.824. The van der Waals surface area contributed by atoms with Gasteiger partial charge < -0.3 is 10.2 Å². The van der Waals surface area contributed by atoms with Crippen molar-refractivity contribution in [2.45, 2.75) is 45.3 Å². The van der Waals surface area contributed by atoms with E-state index in [1.807, 2.05) is 6.08 Å². The van der Waals surface area contributed by atoms with Crippen molar-refractivity contribution < 1.29 is 10.2 Å². The third kappa shape index (κ3) is 9.66. The van der Waals surface area contributed by atoms with Crippen LogP contribution in [0.5, 0.6) is 0 Å². The topological polar surface area (TPSA) is 40.5 Å². The van der Waals surface area contributed by atoms with Crippen molar-refractivity contribution in [3.8, 4) is 0 Å². The summed E-state index contributed by atoms with van der Waals surface area (Å²) in [5.41, 5.74) is 0. The Kier molecular flexibility index (Phi) is 6.18. The van der Waals surface area contributed by atoms with Crippen molar-refractivity contribution in [2.75, 3.05) is 0 Å². The van der Waals surface area contributed by atoms with E-state index in [0.29, 0.717) is 0 Å². The molecule has 66 valence electrons. The van der Waals surface area contributed by atoms with E-state index in [9.17, 15) is 0 Å². The Balaban J connectivity index is 3.14. The van der Waals surface area contributed by atoms with Crippen LogP contribution < -0.4 is 0 Å². The highest BCUT2D eigenvalue weighted by atomic mass is 16.3. The zero-order valence-corrected chi connectivity index (χ0v) is 7.33. The first kappa shape index (κ1) is 10.7. The number of unbranched alkanes of at least 4 members (excludes halogenated alkanes) is 1. The van der Waals surface area contributed by atoms with Gasteiger partial charge in [-0.3, -0.25) is 0 Å². The Morgan fingerprint density at radius 3 is 2.36 bits per heavy atom. The Morgan fingerprint density at radius 2 is 1.91 bits per heavy atom. The Labute approximate surface area is 68.6 Å². The summed E-state index contributed by atoms with van der Waals surface area (Å²) in [5.74, 6) is 0. The van der Waals surface area contributed by atoms with Crippen LogP contribution in [0.15, 0.2) is 12.2 Å². The lowest BCUT2D eigenvalue weighted by atomic mass is 10.1. The second-order valence-corrected chi connectivity index (χ2v) is 2.95. The Morgan fingerprint density at radius 1 is 1.27 bits per heavy atom. The Bertz CT molecular complexity index is 106. The standard InChI is InChI=1S/C9H18O2/c1-8(10)6-4-3-5-7-9(2)11/h4,6,8-11H,3,5,7H2,1-2H3/b6-4+/t8-,9+/m0/s1. The predicted molar refractivity (Wildman–Crippen MR) is 46.4 cm³/mol. The molecule has 0 unspecified atom stereocenters. The lowest BCUT2D eigenvalue weighted by Crippen LogP contribution is -1.98. The fraction of sp³-hybridized carbons (Fsp3) is 0.778. The molecule has 0 spiro atoms. The molecule has 0 aromatic rings. The molecule has 0 radical (unpaired) electrons. The quantitative estimate of drug-likeness (QED) is 0.470. The second kappa shape index (κ2) is 6.38. The molecule has 0 aliphatic rings. The zero-order valence-electron chi connectivity index (χ0n) is 7.33. The minimum Gasteiger partial charge on any atom is -0.393 e. The normalized spacial score (nSPS) is 17.1. The van der Waals surface area contributed by atoms with Crippen molar-refractivity contribution in [1.29, 1.82) is 0 Å². The maximum atomic E-state index is 8.89. The molecule has 0 bridgehead atoms. The average molecular weight is 158 g/mol. The molecule has 0 rings (SSSR count). The number of hydrogen-bond donors (Lipinski definition) is 2. The van der Waals surface area contributed by atoms with Gasteiger partial charge in [-0.2, -0.15) is 0 Å². The molecule has 0 saturated heterocycles. The number of allylic oxidation sites excluding steroid dienone is 1. The summed E-state index contributed by atoms with van der Waals surface area (Å²) in [6.07, 6.45) is 5.94. The molecule has 2 atom stereocenters. The minimum atomic E-state index is -0.346. The second-order valence-electron chi connectivity index (χ2n) is 2.95. The van der Waals surface area contributed by atoms with Crippen molar-refractivity contribution in [1.82, 2.24) is 0 Å². The maximum Gasteiger partial charge on any atom is 0.0692 e. The van der Waals surface area contributed by atoms with Gasteiger partial charge in [0.1, 0.15) is 0 Å². The molecule has 0 aromatic heterocycles. The van der Waals surface area contributed by atoms with E-state index < -0.39 is 0 Å². The van der Waals surface area contributed by atoms with E-state index in [1.54, 1.807) is 19.9 Å². The third-order valence-corrected chi connectivity index (χ3v) is 1.41. The lowest BCUT2D eigenvalue weighted by Gasteiger charge is -2.00. The average Bonchev–Trinajstić information content (AvgIpc) is 1.85. The number of aliphatic hydroxyl groups excluding tert-OH is 2. The van der Waals surface area contributed by atoms with Crippen molar-refractivity contribution in [3.63, 3.8) is 0 Å². The van der Waals surface area contributed by atoms with Gasteiger partial charge in [0.25, 0.3) is 0 Å². The summed E-state index contributed by atoms with van der Waals surface area (Å²) in [4.78, 5) is 0. The molecule has 0 saturated carbocycles. The highest BCUT2D eigenvalue weighted by Gasteiger charge is 1.92. The van der Waals surface area contributed by atoms with Crippen molar-refractivity contribution in [3.05, 3.63) is 12.2 Å². The first-order valence-electron chi connectivity index (χ1n) is 4.15. The smallest absolute Gasteiger partial charge is 0.0692 e. The van der Waals surface area contributed by atoms with Crippen LogP contribution in [0.2, 0.25) is 0 Å². The van der Waals surface area contributed by atoms with Crippen LogP contribution in [0.1, 0.15) is 33.1 Å². The number of rotatable bonds is 5. The Hall–Kier alpha value is -0.340. The van der Waals surface area contributed by atoms with E-state index in [0.717, 1.165) is 19.3 Å². The van der Waals surface area contributed by atoms with Gasteiger partial charge in [-0.05, 0) is 33.1 Å². The monoisotopic (exact) mass is 158 g/mol. The van der Waals surface area contributed by atoms with Crippen LogP contribution in [0, 0.1) is 0 Å². The van der Waals surface area contributed by atoms with Crippen LogP contribution in [-0.2, 0) is 0 Å². The van der Waals surface area contributed by atoms with Gasteiger partial charge in [0, 0.05) is 0 Å². The summed E-state index contributed by atoms with van der Waals surface area (Å²) in [5, 5.41) is 17.7. The summed E-state index contributed by atoms with van der Waals surface area (Å²) in [6, 6.07) is 0. The van der Waals surface area contributed by atoms with Gasteiger partial charge in [-0.1, -0.05) is 12.2 Å². The van der Waals surface area contributed by atoms with Gasteiger partial charge in [0.05, 0.1) is 12.2 Å². The number of aliphatic hydroxyl groups is 2. The van der Waals surface area contributed by atoms with Gasteiger partial charge in [-0.25, -0.2) is 0 Å². The molecule has 2 heteroatoms. The van der Waals surface area contributed by atoms with E-state index in [2.05, 4.69) is 0 Å². The third-order valence-electron chi connectivity index (χ3n) is 1.41. The molecular weight excluding hydrogens is 140 g/mol. The predicted octanol–water partition coefficient (Wildman–Crippen LogP) is 1.47. The SMILES string of the molecule is C[C@H](O)/C=C/CCC[C@@H](C)O. The molecule has 0 aromatic carbocycles. The molecule has 11 heavy (non-hydrogen) atoms. The first-order chi connectivity index (χ1) is 5.13. The zero-order chi connectivity index (χ0) is 8.69. The summed E-state index contributed by atoms with van der Waals surface area (Å²) >= 11 is 0. The molecule has 0 heterocycles. The summed E-state index contributed by atoms with van der Waals surface area (Å²) in [6.45, 7) is 3.52. The minimum absolute atomic E-state index is 0.199. The molecule has 0 amide bonds. The molecule has 0 fully saturated rings. The highest BCUT2D eigenvalue weighted by Crippen LogP contribution is 2.00. The van der Waals surface area contributed by atoms with E-state index in [1.165, 1.54) is 0 Å². The fourth-order valence-corrected chi connectivity index (χ4v) is 0.824.